The third-order valence-electron chi connectivity index (χ3n) is 4.68. The highest BCUT2D eigenvalue weighted by molar-refractivity contribution is 6.02. The van der Waals surface area contributed by atoms with Crippen molar-refractivity contribution in [1.82, 2.24) is 0 Å². The van der Waals surface area contributed by atoms with Crippen LogP contribution in [0.15, 0.2) is 40.1 Å². The smallest absolute Gasteiger partial charge is 0.101 e. The Bertz CT molecular complexity index is 489. The van der Waals surface area contributed by atoms with Crippen LogP contribution in [0.1, 0.15) is 39.5 Å². The van der Waals surface area contributed by atoms with Crippen molar-refractivity contribution >= 4 is 5.71 Å². The van der Waals surface area contributed by atoms with Crippen LogP contribution < -0.4 is 0 Å². The maximum Gasteiger partial charge on any atom is 0.101 e. The van der Waals surface area contributed by atoms with Crippen molar-refractivity contribution in [1.29, 1.82) is 0 Å². The van der Waals surface area contributed by atoms with Crippen LogP contribution in [0, 0.1) is 11.3 Å². The molecule has 1 atom stereocenters. The molecule has 0 aromatic rings. The van der Waals surface area contributed by atoms with Gasteiger partial charge in [0.1, 0.15) is 5.76 Å². The van der Waals surface area contributed by atoms with E-state index in [-0.39, 0.29) is 5.92 Å². The monoisotopic (exact) mass is 243 g/mol. The van der Waals surface area contributed by atoms with Crippen LogP contribution in [-0.2, 0) is 0 Å². The lowest BCUT2D eigenvalue weighted by atomic mass is 9.86. The molecule has 1 saturated carbocycles. The van der Waals surface area contributed by atoms with Gasteiger partial charge in [-0.05, 0) is 44.8 Å². The van der Waals surface area contributed by atoms with Gasteiger partial charge in [0.2, 0.25) is 0 Å². The molecule has 0 aromatic heterocycles. The fraction of sp³-hybridized carbons (Fsp3) is 0.562. The summed E-state index contributed by atoms with van der Waals surface area (Å²) in [4.78, 5) is 4.75. The average molecular weight is 243 g/mol. The lowest BCUT2D eigenvalue weighted by Gasteiger charge is -2.24. The Morgan fingerprint density at radius 3 is 2.83 bits per heavy atom. The molecular weight excluding hydrogens is 222 g/mol. The molecule has 2 nitrogen and oxygen atoms in total. The van der Waals surface area contributed by atoms with E-state index in [0.717, 1.165) is 18.5 Å². The van der Waals surface area contributed by atoms with Gasteiger partial charge in [0, 0.05) is 11.1 Å². The number of hydrogen-bond acceptors (Lipinski definition) is 2. The van der Waals surface area contributed by atoms with Crippen molar-refractivity contribution in [2.24, 2.45) is 16.3 Å². The molecule has 0 amide bonds. The summed E-state index contributed by atoms with van der Waals surface area (Å²) in [6.45, 7) is 5.03. The normalized spacial score (nSPS) is 29.3. The molecule has 0 aromatic carbocycles. The molecular formula is C16H21NO. The Labute approximate surface area is 109 Å². The van der Waals surface area contributed by atoms with Gasteiger partial charge in [-0.3, -0.25) is 4.99 Å². The molecule has 0 spiro atoms. The number of nitrogens with zero attached hydrogens (tertiary/aromatic N) is 1. The Morgan fingerprint density at radius 1 is 1.39 bits per heavy atom. The summed E-state index contributed by atoms with van der Waals surface area (Å²) in [5.41, 5.74) is 4.16. The molecule has 0 radical (unpaired) electrons. The topological polar surface area (TPSA) is 32.6 Å². The molecule has 18 heavy (non-hydrogen) atoms. The number of dihydropyridines is 1. The highest BCUT2D eigenvalue weighted by atomic mass is 16.3. The molecule has 3 rings (SSSR count). The second-order valence-electron chi connectivity index (χ2n) is 5.85. The van der Waals surface area contributed by atoms with Crippen molar-refractivity contribution < 1.29 is 5.11 Å². The van der Waals surface area contributed by atoms with E-state index in [1.807, 2.05) is 13.0 Å². The quantitative estimate of drug-likeness (QED) is 0.782. The van der Waals surface area contributed by atoms with Crippen LogP contribution in [0.25, 0.3) is 0 Å². The van der Waals surface area contributed by atoms with Crippen molar-refractivity contribution in [2.45, 2.75) is 39.5 Å². The Hall–Kier alpha value is -1.31. The molecule has 1 heterocycles. The summed E-state index contributed by atoms with van der Waals surface area (Å²) in [6.07, 6.45) is 11.1. The van der Waals surface area contributed by atoms with Gasteiger partial charge in [0.05, 0.1) is 12.5 Å². The molecule has 2 aliphatic carbocycles. The van der Waals surface area contributed by atoms with Gasteiger partial charge >= 0.3 is 0 Å². The zero-order valence-electron chi connectivity index (χ0n) is 11.2. The number of aliphatic imine (C=N–C) groups is 1. The first-order valence-corrected chi connectivity index (χ1v) is 6.97. The fourth-order valence-electron chi connectivity index (χ4n) is 3.05. The van der Waals surface area contributed by atoms with Gasteiger partial charge < -0.3 is 5.11 Å². The number of fused-ring (bicyclic) bond motifs is 1. The summed E-state index contributed by atoms with van der Waals surface area (Å²) in [7, 11) is 0. The van der Waals surface area contributed by atoms with E-state index in [1.165, 1.54) is 30.5 Å². The van der Waals surface area contributed by atoms with Gasteiger partial charge in [0.25, 0.3) is 0 Å². The Balaban J connectivity index is 1.91. The van der Waals surface area contributed by atoms with Gasteiger partial charge in [-0.1, -0.05) is 24.1 Å². The third kappa shape index (κ3) is 1.84. The van der Waals surface area contributed by atoms with E-state index < -0.39 is 0 Å². The van der Waals surface area contributed by atoms with Crippen LogP contribution in [0.3, 0.4) is 0 Å². The number of aliphatic hydroxyl groups is 1. The van der Waals surface area contributed by atoms with Gasteiger partial charge in [-0.2, -0.15) is 0 Å². The first kappa shape index (κ1) is 11.8. The van der Waals surface area contributed by atoms with Crippen LogP contribution in [0.5, 0.6) is 0 Å². The number of aliphatic hydroxyl groups excluding tert-OH is 1. The van der Waals surface area contributed by atoms with Crippen molar-refractivity contribution in [3.63, 3.8) is 0 Å². The summed E-state index contributed by atoms with van der Waals surface area (Å²) in [5, 5.41) is 10.1. The third-order valence-corrected chi connectivity index (χ3v) is 4.68. The molecule has 3 aliphatic rings. The fourth-order valence-corrected chi connectivity index (χ4v) is 3.05. The van der Waals surface area contributed by atoms with Gasteiger partial charge in [0.15, 0.2) is 0 Å². The first-order chi connectivity index (χ1) is 8.64. The standard InChI is InChI=1S/C16H21NO/c1-3-16(6-7-16)15-9-12-5-4-11(2)8-14(18)13(12)10-17-15/h4,8-9,13,18H,3,5-7,10H2,1-2H3. The molecule has 0 saturated heterocycles. The van der Waals surface area contributed by atoms with Gasteiger partial charge in [-0.15, -0.1) is 0 Å². The minimum Gasteiger partial charge on any atom is -0.512 e. The lowest BCUT2D eigenvalue weighted by molar-refractivity contribution is 0.350. The van der Waals surface area contributed by atoms with E-state index in [0.29, 0.717) is 11.2 Å². The zero-order valence-corrected chi connectivity index (χ0v) is 11.2. The molecule has 1 aliphatic heterocycles. The first-order valence-electron chi connectivity index (χ1n) is 6.97. The van der Waals surface area contributed by atoms with Crippen LogP contribution in [0.4, 0.5) is 0 Å². The molecule has 1 N–H and O–H groups in total. The highest BCUT2D eigenvalue weighted by Gasteiger charge is 2.45. The maximum atomic E-state index is 10.1. The summed E-state index contributed by atoms with van der Waals surface area (Å²) in [6, 6.07) is 0. The molecule has 1 fully saturated rings. The zero-order chi connectivity index (χ0) is 12.8. The van der Waals surface area contributed by atoms with E-state index >= 15 is 0 Å². The highest BCUT2D eigenvalue weighted by Crippen LogP contribution is 2.51. The number of allylic oxidation sites excluding steroid dienone is 4. The average Bonchev–Trinajstić information content (AvgIpc) is 3.17. The van der Waals surface area contributed by atoms with Crippen molar-refractivity contribution in [3.8, 4) is 0 Å². The second kappa shape index (κ2) is 4.11. The van der Waals surface area contributed by atoms with E-state index in [9.17, 15) is 5.11 Å². The minimum absolute atomic E-state index is 0.120. The minimum atomic E-state index is 0.120. The number of hydrogen-bond donors (Lipinski definition) is 1. The lowest BCUT2D eigenvalue weighted by Crippen LogP contribution is -2.23. The van der Waals surface area contributed by atoms with E-state index in [1.54, 1.807) is 0 Å². The van der Waals surface area contributed by atoms with E-state index in [4.69, 9.17) is 4.99 Å². The maximum absolute atomic E-state index is 10.1. The Morgan fingerprint density at radius 2 is 2.17 bits per heavy atom. The van der Waals surface area contributed by atoms with Crippen molar-refractivity contribution in [3.05, 3.63) is 35.1 Å². The largest absolute Gasteiger partial charge is 0.512 e. The van der Waals surface area contributed by atoms with E-state index in [2.05, 4.69) is 19.1 Å². The van der Waals surface area contributed by atoms with Crippen LogP contribution in [-0.4, -0.2) is 17.4 Å². The summed E-state index contributed by atoms with van der Waals surface area (Å²) >= 11 is 0. The SMILES string of the molecule is CCC1(C2=NCC3C(O)=CC(C)=CCC3=C2)CC1. The summed E-state index contributed by atoms with van der Waals surface area (Å²) < 4.78 is 0. The molecule has 96 valence electrons. The number of rotatable bonds is 2. The predicted octanol–water partition coefficient (Wildman–Crippen LogP) is 3.97. The predicted molar refractivity (Wildman–Crippen MR) is 74.9 cm³/mol. The van der Waals surface area contributed by atoms with Crippen LogP contribution >= 0.6 is 0 Å². The van der Waals surface area contributed by atoms with Gasteiger partial charge in [-0.25, -0.2) is 0 Å². The Kier molecular flexibility index (Phi) is 2.69. The molecule has 2 heteroatoms. The second-order valence-corrected chi connectivity index (χ2v) is 5.85. The molecule has 1 unspecified atom stereocenters. The summed E-state index contributed by atoms with van der Waals surface area (Å²) in [5.74, 6) is 0.603. The molecule has 0 bridgehead atoms. The van der Waals surface area contributed by atoms with Crippen molar-refractivity contribution in [2.75, 3.05) is 6.54 Å². The van der Waals surface area contributed by atoms with Crippen LogP contribution in [0.2, 0.25) is 0 Å².